The first-order valence-electron chi connectivity index (χ1n) is 11.0. The maximum Gasteiger partial charge on any atom is 0.153 e. The second-order valence-corrected chi connectivity index (χ2v) is 8.13. The second kappa shape index (κ2) is 12.1. The summed E-state index contributed by atoms with van der Waals surface area (Å²) < 4.78 is 22.6. The molecule has 0 aliphatic rings. The largest absolute Gasteiger partial charge is 0.496 e. The van der Waals surface area contributed by atoms with Gasteiger partial charge in [0.25, 0.3) is 0 Å². The first-order chi connectivity index (χ1) is 16.5. The first kappa shape index (κ1) is 25.1. The number of aryl methyl sites for hydroxylation is 2. The predicted octanol–water partition coefficient (Wildman–Crippen LogP) is 5.38. The maximum absolute atomic E-state index is 11.3. The lowest BCUT2D eigenvalue weighted by atomic mass is 10.1. The van der Waals surface area contributed by atoms with Crippen LogP contribution in [0.1, 0.15) is 54.1 Å². The number of carbonyl (C=O) groups is 2. The molecule has 0 spiro atoms. The summed E-state index contributed by atoms with van der Waals surface area (Å²) in [6.07, 6.45) is 1.59. The molecule has 3 aromatic rings. The van der Waals surface area contributed by atoms with Gasteiger partial charge in [-0.15, -0.1) is 0 Å². The lowest BCUT2D eigenvalue weighted by Gasteiger charge is -2.14. The number of carbonyl (C=O) groups excluding carboxylic acids is 2. The lowest BCUT2D eigenvalue weighted by Crippen LogP contribution is -2.02. The van der Waals surface area contributed by atoms with Crippen LogP contribution in [-0.2, 0) is 35.9 Å². The van der Waals surface area contributed by atoms with Crippen molar-refractivity contribution in [1.29, 1.82) is 0 Å². The monoisotopic (exact) mass is 462 g/mol. The van der Waals surface area contributed by atoms with Crippen molar-refractivity contribution in [2.75, 3.05) is 14.2 Å². The highest BCUT2D eigenvalue weighted by atomic mass is 16.5. The maximum atomic E-state index is 11.3. The number of aldehydes is 2. The number of hydrogen-bond donors (Lipinski definition) is 0. The molecule has 0 heterocycles. The summed E-state index contributed by atoms with van der Waals surface area (Å²) in [7, 11) is 3.10. The molecule has 34 heavy (non-hydrogen) atoms. The molecule has 0 fully saturated rings. The third kappa shape index (κ3) is 6.31. The van der Waals surface area contributed by atoms with E-state index in [0.717, 1.165) is 46.0 Å². The van der Waals surface area contributed by atoms with Crippen LogP contribution >= 0.6 is 0 Å². The van der Waals surface area contributed by atoms with Crippen molar-refractivity contribution in [3.63, 3.8) is 0 Å². The van der Waals surface area contributed by atoms with E-state index in [4.69, 9.17) is 18.9 Å². The molecule has 0 N–H and O–H groups in total. The average Bonchev–Trinajstić information content (AvgIpc) is 2.83. The van der Waals surface area contributed by atoms with Gasteiger partial charge in [-0.3, -0.25) is 9.59 Å². The van der Waals surface area contributed by atoms with Crippen LogP contribution in [0.4, 0.5) is 0 Å². The van der Waals surface area contributed by atoms with Crippen LogP contribution in [0.2, 0.25) is 0 Å². The van der Waals surface area contributed by atoms with E-state index < -0.39 is 0 Å². The highest BCUT2D eigenvalue weighted by molar-refractivity contribution is 5.81. The molecule has 0 aliphatic carbocycles. The summed E-state index contributed by atoms with van der Waals surface area (Å²) in [6, 6.07) is 15.5. The van der Waals surface area contributed by atoms with Gasteiger partial charge < -0.3 is 18.9 Å². The number of hydrogen-bond acceptors (Lipinski definition) is 6. The van der Waals surface area contributed by atoms with E-state index in [0.29, 0.717) is 49.1 Å². The Labute approximate surface area is 200 Å². The highest BCUT2D eigenvalue weighted by Crippen LogP contribution is 2.27. The van der Waals surface area contributed by atoms with E-state index in [-0.39, 0.29) is 0 Å². The Balaban J connectivity index is 1.59. The predicted molar refractivity (Wildman–Crippen MR) is 130 cm³/mol. The Morgan fingerprint density at radius 2 is 1.09 bits per heavy atom. The molecule has 3 rings (SSSR count). The molecule has 0 aromatic heterocycles. The van der Waals surface area contributed by atoms with Crippen molar-refractivity contribution in [2.24, 2.45) is 0 Å². The quantitative estimate of drug-likeness (QED) is 0.337. The van der Waals surface area contributed by atoms with E-state index in [1.165, 1.54) is 0 Å². The van der Waals surface area contributed by atoms with Crippen LogP contribution in [0.3, 0.4) is 0 Å². The molecule has 0 amide bonds. The molecule has 0 unspecified atom stereocenters. The summed E-state index contributed by atoms with van der Waals surface area (Å²) in [4.78, 5) is 22.7. The lowest BCUT2D eigenvalue weighted by molar-refractivity contribution is 0.101. The van der Waals surface area contributed by atoms with Crippen LogP contribution in [0.15, 0.2) is 48.5 Å². The van der Waals surface area contributed by atoms with Gasteiger partial charge in [-0.25, -0.2) is 0 Å². The third-order valence-corrected chi connectivity index (χ3v) is 5.38. The molecular formula is C28H30O6. The highest BCUT2D eigenvalue weighted by Gasteiger charge is 2.12. The zero-order valence-electron chi connectivity index (χ0n) is 20.1. The average molecular weight is 463 g/mol. The third-order valence-electron chi connectivity index (χ3n) is 5.38. The molecule has 0 radical (unpaired) electrons. The number of benzene rings is 3. The van der Waals surface area contributed by atoms with Gasteiger partial charge >= 0.3 is 0 Å². The fourth-order valence-electron chi connectivity index (χ4n) is 4.01. The van der Waals surface area contributed by atoms with Crippen molar-refractivity contribution in [3.05, 3.63) is 93.0 Å². The fraction of sp³-hybridized carbons (Fsp3) is 0.286. The van der Waals surface area contributed by atoms with E-state index in [2.05, 4.69) is 0 Å². The zero-order chi connectivity index (χ0) is 24.5. The standard InChI is InChI=1S/C28H30O6/c1-19-8-23(13-29)27(31-3)25(10-19)17-33-15-21-6-5-7-22(12-21)16-34-18-26-11-20(2)9-24(14-30)28(26)32-4/h5-14H,15-18H2,1-4H3. The van der Waals surface area contributed by atoms with Crippen LogP contribution < -0.4 is 9.47 Å². The topological polar surface area (TPSA) is 71.1 Å². The molecule has 0 bridgehead atoms. The van der Waals surface area contributed by atoms with Crippen molar-refractivity contribution in [3.8, 4) is 11.5 Å². The molecule has 0 aliphatic heterocycles. The summed E-state index contributed by atoms with van der Waals surface area (Å²) in [5.74, 6) is 1.10. The van der Waals surface area contributed by atoms with Crippen LogP contribution in [-0.4, -0.2) is 26.8 Å². The summed E-state index contributed by atoms with van der Waals surface area (Å²) >= 11 is 0. The second-order valence-electron chi connectivity index (χ2n) is 8.13. The Bertz CT molecular complexity index is 1070. The minimum atomic E-state index is 0.332. The van der Waals surface area contributed by atoms with Crippen LogP contribution in [0.5, 0.6) is 11.5 Å². The molecular weight excluding hydrogens is 432 g/mol. The van der Waals surface area contributed by atoms with Crippen molar-refractivity contribution >= 4 is 12.6 Å². The van der Waals surface area contributed by atoms with Gasteiger partial charge in [0, 0.05) is 11.1 Å². The van der Waals surface area contributed by atoms with Gasteiger partial charge in [-0.2, -0.15) is 0 Å². The summed E-state index contributed by atoms with van der Waals surface area (Å²) in [5, 5.41) is 0. The van der Waals surface area contributed by atoms with E-state index in [1.807, 2.05) is 50.2 Å². The number of methoxy groups -OCH3 is 2. The first-order valence-corrected chi connectivity index (χ1v) is 11.0. The van der Waals surface area contributed by atoms with E-state index >= 15 is 0 Å². The minimum absolute atomic E-state index is 0.332. The fourth-order valence-corrected chi connectivity index (χ4v) is 4.01. The van der Waals surface area contributed by atoms with Gasteiger partial charge in [0.2, 0.25) is 0 Å². The summed E-state index contributed by atoms with van der Waals surface area (Å²) in [5.41, 5.74) is 6.70. The van der Waals surface area contributed by atoms with Gasteiger partial charge in [0.1, 0.15) is 11.5 Å². The van der Waals surface area contributed by atoms with Crippen molar-refractivity contribution in [2.45, 2.75) is 40.3 Å². The SMILES string of the molecule is COc1c(C=O)cc(C)cc1COCc1cccc(COCc2cc(C)cc(C=O)c2OC)c1. The molecule has 0 atom stereocenters. The minimum Gasteiger partial charge on any atom is -0.496 e. The van der Waals surface area contributed by atoms with Crippen molar-refractivity contribution < 1.29 is 28.5 Å². The van der Waals surface area contributed by atoms with E-state index in [9.17, 15) is 9.59 Å². The Kier molecular flexibility index (Phi) is 8.96. The Morgan fingerprint density at radius 1 is 0.647 bits per heavy atom. The zero-order valence-corrected chi connectivity index (χ0v) is 20.1. The van der Waals surface area contributed by atoms with Gasteiger partial charge in [0.15, 0.2) is 12.6 Å². The smallest absolute Gasteiger partial charge is 0.153 e. The molecule has 3 aromatic carbocycles. The molecule has 178 valence electrons. The Morgan fingerprint density at radius 3 is 1.47 bits per heavy atom. The number of ether oxygens (including phenoxy) is 4. The van der Waals surface area contributed by atoms with Gasteiger partial charge in [-0.1, -0.05) is 36.4 Å². The molecule has 6 heteroatoms. The van der Waals surface area contributed by atoms with Crippen LogP contribution in [0, 0.1) is 13.8 Å². The number of rotatable bonds is 12. The molecule has 0 saturated carbocycles. The van der Waals surface area contributed by atoms with E-state index in [1.54, 1.807) is 26.4 Å². The normalized spacial score (nSPS) is 10.7. The molecule has 0 saturated heterocycles. The van der Waals surface area contributed by atoms with Crippen molar-refractivity contribution in [1.82, 2.24) is 0 Å². The van der Waals surface area contributed by atoms with Gasteiger partial charge in [0.05, 0.1) is 51.8 Å². The van der Waals surface area contributed by atoms with Gasteiger partial charge in [-0.05, 0) is 48.2 Å². The Hall–Kier alpha value is -3.48. The summed E-state index contributed by atoms with van der Waals surface area (Å²) in [6.45, 7) is 5.36. The van der Waals surface area contributed by atoms with Crippen LogP contribution in [0.25, 0.3) is 0 Å². The molecule has 6 nitrogen and oxygen atoms in total.